The Balaban J connectivity index is 2.70. The predicted molar refractivity (Wildman–Crippen MR) is 45.8 cm³/mol. The molecule has 1 unspecified atom stereocenters. The molecule has 0 saturated heterocycles. The molecule has 1 aliphatic carbocycles. The summed E-state index contributed by atoms with van der Waals surface area (Å²) in [5.74, 6) is 0.695. The van der Waals surface area contributed by atoms with E-state index in [1.165, 1.54) is 12.0 Å². The normalized spacial score (nSPS) is 37.0. The summed E-state index contributed by atoms with van der Waals surface area (Å²) in [6, 6.07) is 0. The van der Waals surface area contributed by atoms with Crippen LogP contribution in [0.2, 0.25) is 0 Å². The lowest BCUT2D eigenvalue weighted by atomic mass is 10.0. The Kier molecular flexibility index (Phi) is 2.49. The zero-order valence-electron chi connectivity index (χ0n) is 6.67. The molecule has 0 heterocycles. The first kappa shape index (κ1) is 7.33. The summed E-state index contributed by atoms with van der Waals surface area (Å²) >= 11 is 0. The molecule has 0 amide bonds. The molecule has 1 rings (SSSR count). The van der Waals surface area contributed by atoms with Crippen LogP contribution in [-0.2, 0) is 0 Å². The molecule has 0 bridgehead atoms. The molecular formula is C10H14. The quantitative estimate of drug-likeness (QED) is 0.477. The molecular weight excluding hydrogens is 120 g/mol. The van der Waals surface area contributed by atoms with E-state index in [1.807, 2.05) is 0 Å². The van der Waals surface area contributed by atoms with Gasteiger partial charge in [0.2, 0.25) is 0 Å². The minimum Gasteiger partial charge on any atom is -0.0837 e. The van der Waals surface area contributed by atoms with Crippen LogP contribution in [0.1, 0.15) is 20.3 Å². The lowest BCUT2D eigenvalue weighted by Gasteiger charge is -2.02. The molecule has 1 atom stereocenters. The molecule has 0 N–H and O–H groups in total. The highest BCUT2D eigenvalue weighted by molar-refractivity contribution is 5.23. The SMILES string of the molecule is CC1=C/C=C\C(C)C\C=C\1. The van der Waals surface area contributed by atoms with E-state index in [4.69, 9.17) is 0 Å². The summed E-state index contributed by atoms with van der Waals surface area (Å²) in [6.45, 7) is 4.35. The van der Waals surface area contributed by atoms with Crippen molar-refractivity contribution in [2.24, 2.45) is 5.92 Å². The minimum absolute atomic E-state index is 0.695. The first-order valence-electron chi connectivity index (χ1n) is 3.80. The van der Waals surface area contributed by atoms with Crippen LogP contribution in [0.15, 0.2) is 36.0 Å². The van der Waals surface area contributed by atoms with E-state index >= 15 is 0 Å². The van der Waals surface area contributed by atoms with Crippen molar-refractivity contribution < 1.29 is 0 Å². The molecule has 1 aliphatic rings. The molecule has 0 spiro atoms. The number of hydrogen-bond donors (Lipinski definition) is 0. The largest absolute Gasteiger partial charge is 0.0837 e. The Morgan fingerprint density at radius 2 is 2.30 bits per heavy atom. The fraction of sp³-hybridized carbons (Fsp3) is 0.400. The van der Waals surface area contributed by atoms with Crippen LogP contribution in [0.4, 0.5) is 0 Å². The van der Waals surface area contributed by atoms with Gasteiger partial charge in [-0.15, -0.1) is 0 Å². The summed E-state index contributed by atoms with van der Waals surface area (Å²) in [6.07, 6.45) is 12.1. The van der Waals surface area contributed by atoms with E-state index in [-0.39, 0.29) is 0 Å². The minimum atomic E-state index is 0.695. The summed E-state index contributed by atoms with van der Waals surface area (Å²) in [5.41, 5.74) is 1.34. The highest BCUT2D eigenvalue weighted by Gasteiger charge is 1.93. The highest BCUT2D eigenvalue weighted by Crippen LogP contribution is 2.09. The van der Waals surface area contributed by atoms with Crippen molar-refractivity contribution in [1.29, 1.82) is 0 Å². The van der Waals surface area contributed by atoms with Crippen molar-refractivity contribution >= 4 is 0 Å². The van der Waals surface area contributed by atoms with E-state index in [1.54, 1.807) is 0 Å². The van der Waals surface area contributed by atoms with Crippen molar-refractivity contribution in [3.8, 4) is 0 Å². The van der Waals surface area contributed by atoms with Crippen LogP contribution in [0.5, 0.6) is 0 Å². The fourth-order valence-corrected chi connectivity index (χ4v) is 1.000. The monoisotopic (exact) mass is 134 g/mol. The smallest absolute Gasteiger partial charge is 0.0224 e. The molecule has 54 valence electrons. The van der Waals surface area contributed by atoms with Gasteiger partial charge in [-0.3, -0.25) is 0 Å². The molecule has 0 nitrogen and oxygen atoms in total. The summed E-state index contributed by atoms with van der Waals surface area (Å²) in [7, 11) is 0. The van der Waals surface area contributed by atoms with E-state index in [2.05, 4.69) is 44.2 Å². The Morgan fingerprint density at radius 3 is 3.10 bits per heavy atom. The van der Waals surface area contributed by atoms with Gasteiger partial charge in [0.15, 0.2) is 0 Å². The Hall–Kier alpha value is -0.780. The van der Waals surface area contributed by atoms with Crippen molar-refractivity contribution in [1.82, 2.24) is 0 Å². The molecule has 10 heavy (non-hydrogen) atoms. The van der Waals surface area contributed by atoms with E-state index in [0.29, 0.717) is 5.92 Å². The first-order chi connectivity index (χ1) is 4.79. The van der Waals surface area contributed by atoms with E-state index in [9.17, 15) is 0 Å². The fourth-order valence-electron chi connectivity index (χ4n) is 1.000. The zero-order valence-corrected chi connectivity index (χ0v) is 6.67. The molecule has 0 radical (unpaired) electrons. The molecule has 0 aromatic rings. The van der Waals surface area contributed by atoms with Crippen molar-refractivity contribution in [2.45, 2.75) is 20.3 Å². The van der Waals surface area contributed by atoms with Crippen molar-refractivity contribution in [3.63, 3.8) is 0 Å². The van der Waals surface area contributed by atoms with Crippen LogP contribution in [-0.4, -0.2) is 0 Å². The van der Waals surface area contributed by atoms with Crippen LogP contribution in [0, 0.1) is 5.92 Å². The predicted octanol–water partition coefficient (Wildman–Crippen LogP) is 3.08. The highest BCUT2D eigenvalue weighted by atomic mass is 14.0. The lowest BCUT2D eigenvalue weighted by Crippen LogP contribution is -1.87. The van der Waals surface area contributed by atoms with Crippen LogP contribution in [0.3, 0.4) is 0 Å². The standard InChI is InChI=1S/C10H14/c1-9-5-3-7-10(2)8-4-6-9/h3-7,10H,8H2,1-2H3/b6-4+,7-3-,9-5-. The second-order valence-electron chi connectivity index (χ2n) is 2.91. The van der Waals surface area contributed by atoms with Crippen molar-refractivity contribution in [2.75, 3.05) is 0 Å². The third kappa shape index (κ3) is 2.22. The average molecular weight is 134 g/mol. The average Bonchev–Trinajstić information content (AvgIpc) is 1.84. The summed E-state index contributed by atoms with van der Waals surface area (Å²) in [4.78, 5) is 0. The van der Waals surface area contributed by atoms with Crippen LogP contribution in [0.25, 0.3) is 0 Å². The summed E-state index contributed by atoms with van der Waals surface area (Å²) < 4.78 is 0. The third-order valence-corrected chi connectivity index (χ3v) is 1.69. The molecule has 0 aromatic heterocycles. The van der Waals surface area contributed by atoms with Gasteiger partial charge >= 0.3 is 0 Å². The van der Waals surface area contributed by atoms with Gasteiger partial charge in [0, 0.05) is 0 Å². The number of rotatable bonds is 0. The maximum Gasteiger partial charge on any atom is -0.0224 e. The Labute approximate surface area is 62.9 Å². The van der Waals surface area contributed by atoms with Gasteiger partial charge in [-0.05, 0) is 19.3 Å². The second-order valence-corrected chi connectivity index (χ2v) is 2.91. The van der Waals surface area contributed by atoms with E-state index < -0.39 is 0 Å². The molecule has 0 aliphatic heterocycles. The maximum absolute atomic E-state index is 2.24. The Morgan fingerprint density at radius 1 is 1.50 bits per heavy atom. The lowest BCUT2D eigenvalue weighted by molar-refractivity contribution is 0.743. The zero-order chi connectivity index (χ0) is 7.40. The van der Waals surface area contributed by atoms with Gasteiger partial charge in [-0.2, -0.15) is 0 Å². The number of hydrogen-bond acceptors (Lipinski definition) is 0. The van der Waals surface area contributed by atoms with Crippen LogP contribution < -0.4 is 0 Å². The first-order valence-corrected chi connectivity index (χ1v) is 3.80. The van der Waals surface area contributed by atoms with Crippen LogP contribution >= 0.6 is 0 Å². The molecule has 0 aromatic carbocycles. The van der Waals surface area contributed by atoms with Gasteiger partial charge in [-0.25, -0.2) is 0 Å². The molecule has 0 saturated carbocycles. The summed E-state index contributed by atoms with van der Waals surface area (Å²) in [5, 5.41) is 0. The van der Waals surface area contributed by atoms with Gasteiger partial charge in [0.1, 0.15) is 0 Å². The van der Waals surface area contributed by atoms with Gasteiger partial charge in [0.05, 0.1) is 0 Å². The topological polar surface area (TPSA) is 0 Å². The van der Waals surface area contributed by atoms with Gasteiger partial charge in [-0.1, -0.05) is 42.9 Å². The van der Waals surface area contributed by atoms with Gasteiger partial charge in [0.25, 0.3) is 0 Å². The Bertz CT molecular complexity index is 182. The molecule has 0 fully saturated rings. The second kappa shape index (κ2) is 3.40. The maximum atomic E-state index is 2.24. The van der Waals surface area contributed by atoms with E-state index in [0.717, 1.165) is 0 Å². The molecule has 0 heteroatoms. The van der Waals surface area contributed by atoms with Crippen molar-refractivity contribution in [3.05, 3.63) is 36.0 Å². The third-order valence-electron chi connectivity index (χ3n) is 1.69. The number of allylic oxidation sites excluding steroid dienone is 6. The van der Waals surface area contributed by atoms with Gasteiger partial charge < -0.3 is 0 Å².